The van der Waals surface area contributed by atoms with E-state index in [0.717, 1.165) is 29.8 Å². The van der Waals surface area contributed by atoms with E-state index < -0.39 is 5.97 Å². The zero-order valence-corrected chi connectivity index (χ0v) is 13.6. The first-order chi connectivity index (χ1) is 11.7. The molecular formula is C20H22N2O2. The van der Waals surface area contributed by atoms with E-state index in [2.05, 4.69) is 10.3 Å². The summed E-state index contributed by atoms with van der Waals surface area (Å²) in [6.07, 6.45) is 6.24. The third kappa shape index (κ3) is 6.92. The molecule has 0 aliphatic heterocycles. The molecule has 0 fully saturated rings. The summed E-state index contributed by atoms with van der Waals surface area (Å²) in [6.45, 7) is 0. The van der Waals surface area contributed by atoms with Crippen LogP contribution in [0, 0.1) is 0 Å². The van der Waals surface area contributed by atoms with E-state index in [1.165, 1.54) is 0 Å². The molecule has 0 amide bonds. The summed E-state index contributed by atoms with van der Waals surface area (Å²) in [7, 11) is 0. The van der Waals surface area contributed by atoms with E-state index in [-0.39, 0.29) is 6.42 Å². The molecule has 0 heterocycles. The summed E-state index contributed by atoms with van der Waals surface area (Å²) < 4.78 is 0. The monoisotopic (exact) mass is 322 g/mol. The molecule has 0 aliphatic rings. The van der Waals surface area contributed by atoms with Crippen LogP contribution in [0.4, 0.5) is 11.4 Å². The number of carboxylic acids is 1. The van der Waals surface area contributed by atoms with Gasteiger partial charge in [-0.1, -0.05) is 36.4 Å². The lowest BCUT2D eigenvalue weighted by atomic mass is 10.1. The summed E-state index contributed by atoms with van der Waals surface area (Å²) in [5.41, 5.74) is 2.94. The lowest BCUT2D eigenvalue weighted by Gasteiger charge is -2.05. The smallest absolute Gasteiger partial charge is 0.303 e. The van der Waals surface area contributed by atoms with Crippen molar-refractivity contribution in [2.24, 2.45) is 4.99 Å². The molecule has 0 saturated heterocycles. The summed E-state index contributed by atoms with van der Waals surface area (Å²) in [5.74, 6) is -0.749. The highest BCUT2D eigenvalue weighted by Crippen LogP contribution is 2.14. The Kier molecular flexibility index (Phi) is 7.28. The summed E-state index contributed by atoms with van der Waals surface area (Å²) in [4.78, 5) is 15.1. The third-order valence-electron chi connectivity index (χ3n) is 3.44. The van der Waals surface area contributed by atoms with Crippen LogP contribution < -0.4 is 5.32 Å². The summed E-state index contributed by atoms with van der Waals surface area (Å²) in [5, 5.41) is 12.0. The minimum Gasteiger partial charge on any atom is -0.481 e. The number of nitrogens with one attached hydrogen (secondary N) is 1. The highest BCUT2D eigenvalue weighted by Gasteiger charge is 1.99. The Balaban J connectivity index is 1.99. The van der Waals surface area contributed by atoms with Gasteiger partial charge in [0.1, 0.15) is 0 Å². The maximum Gasteiger partial charge on any atom is 0.303 e. The molecule has 4 heteroatoms. The van der Waals surface area contributed by atoms with Crippen LogP contribution in [-0.2, 0) is 4.79 Å². The fourth-order valence-corrected chi connectivity index (χ4v) is 2.16. The van der Waals surface area contributed by atoms with Crippen LogP contribution in [0.1, 0.15) is 25.7 Å². The van der Waals surface area contributed by atoms with Crippen molar-refractivity contribution in [1.29, 1.82) is 0 Å². The largest absolute Gasteiger partial charge is 0.481 e. The van der Waals surface area contributed by atoms with Gasteiger partial charge in [-0.2, -0.15) is 0 Å². The highest BCUT2D eigenvalue weighted by molar-refractivity contribution is 5.81. The molecular weight excluding hydrogens is 300 g/mol. The maximum absolute atomic E-state index is 10.6. The number of aliphatic carboxylic acids is 1. The van der Waals surface area contributed by atoms with Gasteiger partial charge in [0.2, 0.25) is 0 Å². The van der Waals surface area contributed by atoms with Gasteiger partial charge >= 0.3 is 5.97 Å². The molecule has 2 aromatic carbocycles. The van der Waals surface area contributed by atoms with Crippen molar-refractivity contribution in [3.8, 4) is 0 Å². The normalized spacial score (nSPS) is 11.6. The standard InChI is InChI=1S/C20H22N2O2/c23-20(24)14-8-7-9-17(15-21-18-10-3-1-4-11-18)16-22-19-12-5-2-6-13-19/h1-6,10-13,15-16,21H,7-9,14H2,(H,23,24). The number of anilines is 1. The molecule has 0 aliphatic carbocycles. The lowest BCUT2D eigenvalue weighted by molar-refractivity contribution is -0.137. The average Bonchev–Trinajstić information content (AvgIpc) is 2.62. The van der Waals surface area contributed by atoms with Crippen LogP contribution in [0.5, 0.6) is 0 Å². The number of hydrogen-bond acceptors (Lipinski definition) is 3. The number of rotatable bonds is 9. The van der Waals surface area contributed by atoms with Crippen molar-refractivity contribution in [2.75, 3.05) is 5.32 Å². The lowest BCUT2D eigenvalue weighted by Crippen LogP contribution is -1.96. The van der Waals surface area contributed by atoms with Crippen molar-refractivity contribution < 1.29 is 9.90 Å². The number of nitrogens with zero attached hydrogens (tertiary/aromatic N) is 1. The van der Waals surface area contributed by atoms with Crippen molar-refractivity contribution in [1.82, 2.24) is 0 Å². The Morgan fingerprint density at radius 1 is 0.958 bits per heavy atom. The van der Waals surface area contributed by atoms with Crippen LogP contribution in [0.3, 0.4) is 0 Å². The minimum absolute atomic E-state index is 0.204. The zero-order valence-electron chi connectivity index (χ0n) is 13.6. The van der Waals surface area contributed by atoms with Gasteiger partial charge in [0.25, 0.3) is 0 Å². The van der Waals surface area contributed by atoms with Crippen molar-refractivity contribution >= 4 is 23.6 Å². The Hall–Kier alpha value is -2.88. The molecule has 0 spiro atoms. The van der Waals surface area contributed by atoms with E-state index in [0.29, 0.717) is 6.42 Å². The molecule has 4 nitrogen and oxygen atoms in total. The summed E-state index contributed by atoms with van der Waals surface area (Å²) in [6, 6.07) is 19.7. The molecule has 0 aromatic heterocycles. The molecule has 124 valence electrons. The predicted octanol–water partition coefficient (Wildman–Crippen LogP) is 5.03. The van der Waals surface area contributed by atoms with Crippen molar-refractivity contribution in [3.63, 3.8) is 0 Å². The number of unbranched alkanes of at least 4 members (excludes halogenated alkanes) is 1. The molecule has 2 N–H and O–H groups in total. The number of carbonyl (C=O) groups is 1. The molecule has 2 aromatic rings. The molecule has 0 atom stereocenters. The first kappa shape index (κ1) is 17.5. The van der Waals surface area contributed by atoms with E-state index in [1.807, 2.05) is 73.1 Å². The minimum atomic E-state index is -0.749. The van der Waals surface area contributed by atoms with E-state index in [9.17, 15) is 4.79 Å². The molecule has 0 radical (unpaired) electrons. The Morgan fingerprint density at radius 3 is 2.25 bits per heavy atom. The number of allylic oxidation sites excluding steroid dienone is 1. The fraction of sp³-hybridized carbons (Fsp3) is 0.200. The zero-order chi connectivity index (χ0) is 17.0. The quantitative estimate of drug-likeness (QED) is 0.503. The molecule has 0 unspecified atom stereocenters. The number of para-hydroxylation sites is 2. The van der Waals surface area contributed by atoms with Gasteiger partial charge in [0.15, 0.2) is 0 Å². The first-order valence-electron chi connectivity index (χ1n) is 8.05. The Morgan fingerprint density at radius 2 is 1.58 bits per heavy atom. The molecule has 0 bridgehead atoms. The van der Waals surface area contributed by atoms with Gasteiger partial charge in [0, 0.05) is 24.5 Å². The van der Waals surface area contributed by atoms with Gasteiger partial charge in [-0.3, -0.25) is 9.79 Å². The van der Waals surface area contributed by atoms with E-state index >= 15 is 0 Å². The second kappa shape index (κ2) is 10.0. The number of aliphatic imine (C=N–C) groups is 1. The second-order valence-corrected chi connectivity index (χ2v) is 5.42. The fourth-order valence-electron chi connectivity index (χ4n) is 2.16. The number of hydrogen-bond donors (Lipinski definition) is 2. The summed E-state index contributed by atoms with van der Waals surface area (Å²) >= 11 is 0. The van der Waals surface area contributed by atoms with Gasteiger partial charge in [0.05, 0.1) is 5.69 Å². The van der Waals surface area contributed by atoms with Crippen LogP contribution >= 0.6 is 0 Å². The van der Waals surface area contributed by atoms with Crippen LogP contribution in [0.25, 0.3) is 0 Å². The van der Waals surface area contributed by atoms with Crippen molar-refractivity contribution in [3.05, 3.63) is 72.4 Å². The van der Waals surface area contributed by atoms with Crippen LogP contribution in [-0.4, -0.2) is 17.3 Å². The predicted molar refractivity (Wildman–Crippen MR) is 98.8 cm³/mol. The SMILES string of the molecule is O=C(O)CCCCC(C=Nc1ccccc1)=CNc1ccccc1. The van der Waals surface area contributed by atoms with Crippen molar-refractivity contribution in [2.45, 2.75) is 25.7 Å². The van der Waals surface area contributed by atoms with Gasteiger partial charge in [-0.25, -0.2) is 0 Å². The first-order valence-corrected chi connectivity index (χ1v) is 8.05. The molecule has 24 heavy (non-hydrogen) atoms. The molecule has 0 saturated carbocycles. The molecule has 2 rings (SSSR count). The Bertz CT molecular complexity index is 679. The third-order valence-corrected chi connectivity index (χ3v) is 3.44. The van der Waals surface area contributed by atoms with Crippen LogP contribution in [0.2, 0.25) is 0 Å². The van der Waals surface area contributed by atoms with Gasteiger partial charge in [-0.15, -0.1) is 0 Å². The van der Waals surface area contributed by atoms with E-state index in [1.54, 1.807) is 0 Å². The average molecular weight is 322 g/mol. The topological polar surface area (TPSA) is 61.7 Å². The van der Waals surface area contributed by atoms with E-state index in [4.69, 9.17) is 5.11 Å². The maximum atomic E-state index is 10.6. The van der Waals surface area contributed by atoms with Gasteiger partial charge < -0.3 is 10.4 Å². The van der Waals surface area contributed by atoms with Crippen LogP contribution in [0.15, 0.2) is 77.4 Å². The van der Waals surface area contributed by atoms with Gasteiger partial charge in [-0.05, 0) is 49.1 Å². The number of carboxylic acid groups (broad SMARTS) is 1. The highest BCUT2D eigenvalue weighted by atomic mass is 16.4. The number of benzene rings is 2. The Labute approximate surface area is 142 Å². The second-order valence-electron chi connectivity index (χ2n) is 5.42.